The molecule has 70 valence electrons. The van der Waals surface area contributed by atoms with Crippen LogP contribution in [0.2, 0.25) is 0 Å². The highest BCUT2D eigenvalue weighted by molar-refractivity contribution is 4.61. The lowest BCUT2D eigenvalue weighted by molar-refractivity contribution is 0.0798. The molecule has 0 spiro atoms. The minimum absolute atomic E-state index is 0.583. The molecule has 1 aliphatic heterocycles. The predicted octanol–water partition coefficient (Wildman–Crippen LogP) is 0.111. The molecule has 1 heterocycles. The molecule has 0 fully saturated rings. The Morgan fingerprint density at radius 1 is 0.833 bits per heavy atom. The second-order valence-electron chi connectivity index (χ2n) is 2.38. The fourth-order valence-electron chi connectivity index (χ4n) is 0.824. The van der Waals surface area contributed by atoms with Crippen LogP contribution in [-0.2, 0) is 14.2 Å². The van der Waals surface area contributed by atoms with Crippen molar-refractivity contribution in [2.24, 2.45) is 0 Å². The average Bonchev–Trinajstić information content (AvgIpc) is 2.05. The van der Waals surface area contributed by atoms with Crippen LogP contribution in [0, 0.1) is 0 Å². The van der Waals surface area contributed by atoms with Gasteiger partial charge in [-0.3, -0.25) is 0 Å². The third-order valence-electron chi connectivity index (χ3n) is 1.41. The van der Waals surface area contributed by atoms with E-state index >= 15 is 0 Å². The van der Waals surface area contributed by atoms with Gasteiger partial charge in [0.1, 0.15) is 19.1 Å². The van der Waals surface area contributed by atoms with Crippen LogP contribution in [0.15, 0.2) is 12.5 Å². The van der Waals surface area contributed by atoms with Crippen molar-refractivity contribution < 1.29 is 14.2 Å². The lowest BCUT2D eigenvalue weighted by atomic mass is 10.6. The molecule has 12 heavy (non-hydrogen) atoms. The first kappa shape index (κ1) is 9.35. The molecular weight excluding hydrogens is 158 g/mol. The maximum absolute atomic E-state index is 5.24. The molecule has 0 saturated heterocycles. The number of ether oxygens (including phenoxy) is 3. The van der Waals surface area contributed by atoms with Gasteiger partial charge >= 0.3 is 0 Å². The van der Waals surface area contributed by atoms with Crippen molar-refractivity contribution in [1.29, 1.82) is 0 Å². The molecule has 0 unspecified atom stereocenters. The van der Waals surface area contributed by atoms with Gasteiger partial charge in [-0.1, -0.05) is 0 Å². The summed E-state index contributed by atoms with van der Waals surface area (Å²) < 4.78 is 15.4. The van der Waals surface area contributed by atoms with Gasteiger partial charge in [-0.2, -0.15) is 0 Å². The van der Waals surface area contributed by atoms with Gasteiger partial charge in [-0.05, 0) is 0 Å². The summed E-state index contributed by atoms with van der Waals surface area (Å²) in [6.45, 7) is 4.32. The molecular formula is C8H15NO3. The van der Waals surface area contributed by atoms with Gasteiger partial charge in [-0.25, -0.2) is 0 Å². The van der Waals surface area contributed by atoms with Gasteiger partial charge in [0.15, 0.2) is 0 Å². The van der Waals surface area contributed by atoms with Gasteiger partial charge in [0.25, 0.3) is 0 Å². The summed E-state index contributed by atoms with van der Waals surface area (Å²) in [5.74, 6) is 0. The van der Waals surface area contributed by atoms with Gasteiger partial charge in [0.2, 0.25) is 0 Å². The number of nitrogens with one attached hydrogen (secondary N) is 1. The van der Waals surface area contributed by atoms with E-state index in [4.69, 9.17) is 14.2 Å². The summed E-state index contributed by atoms with van der Waals surface area (Å²) in [6, 6.07) is 0. The molecule has 0 aromatic carbocycles. The molecule has 4 heteroatoms. The monoisotopic (exact) mass is 173 g/mol. The topological polar surface area (TPSA) is 39.7 Å². The highest BCUT2D eigenvalue weighted by Crippen LogP contribution is 1.83. The van der Waals surface area contributed by atoms with Gasteiger partial charge in [-0.15, -0.1) is 0 Å². The van der Waals surface area contributed by atoms with Gasteiger partial charge in [0.05, 0.1) is 19.8 Å². The van der Waals surface area contributed by atoms with Crippen molar-refractivity contribution in [3.05, 3.63) is 12.5 Å². The zero-order valence-corrected chi connectivity index (χ0v) is 7.12. The Morgan fingerprint density at radius 3 is 2.50 bits per heavy atom. The molecule has 0 atom stereocenters. The quantitative estimate of drug-likeness (QED) is 0.564. The highest BCUT2D eigenvalue weighted by Gasteiger charge is 1.90. The summed E-state index contributed by atoms with van der Waals surface area (Å²) >= 11 is 0. The predicted molar refractivity (Wildman–Crippen MR) is 44.7 cm³/mol. The van der Waals surface area contributed by atoms with Crippen molar-refractivity contribution in [3.8, 4) is 0 Å². The largest absolute Gasteiger partial charge is 0.497 e. The molecule has 4 nitrogen and oxygen atoms in total. The van der Waals surface area contributed by atoms with E-state index in [1.54, 1.807) is 12.5 Å². The van der Waals surface area contributed by atoms with Crippen LogP contribution in [0.3, 0.4) is 0 Å². The number of rotatable bonds is 0. The zero-order valence-electron chi connectivity index (χ0n) is 7.12. The smallest absolute Gasteiger partial charge is 0.117 e. The molecule has 0 amide bonds. The normalized spacial score (nSPS) is 24.0. The van der Waals surface area contributed by atoms with Crippen molar-refractivity contribution >= 4 is 0 Å². The molecule has 1 aliphatic rings. The second-order valence-corrected chi connectivity index (χ2v) is 2.38. The summed E-state index contributed by atoms with van der Waals surface area (Å²) in [7, 11) is 0. The zero-order chi connectivity index (χ0) is 8.49. The van der Waals surface area contributed by atoms with Crippen LogP contribution in [0.1, 0.15) is 0 Å². The fraction of sp³-hybridized carbons (Fsp3) is 0.750. The Labute approximate surface area is 72.5 Å². The van der Waals surface area contributed by atoms with Crippen LogP contribution in [0.5, 0.6) is 0 Å². The number of hydrogen-bond acceptors (Lipinski definition) is 4. The van der Waals surface area contributed by atoms with E-state index in [0.29, 0.717) is 19.8 Å². The first-order valence-electron chi connectivity index (χ1n) is 4.17. The van der Waals surface area contributed by atoms with Gasteiger partial charge in [0, 0.05) is 13.1 Å². The van der Waals surface area contributed by atoms with Crippen LogP contribution in [-0.4, -0.2) is 39.5 Å². The SMILES string of the molecule is C1=C\OCCOCCNCCO/1. The average molecular weight is 173 g/mol. The Hall–Kier alpha value is -0.740. The summed E-state index contributed by atoms with van der Waals surface area (Å²) in [5, 5.41) is 3.18. The van der Waals surface area contributed by atoms with Crippen molar-refractivity contribution in [2.45, 2.75) is 0 Å². The second kappa shape index (κ2) is 6.94. The Balaban J connectivity index is 2.10. The Morgan fingerprint density at radius 2 is 1.58 bits per heavy atom. The van der Waals surface area contributed by atoms with E-state index in [1.165, 1.54) is 0 Å². The van der Waals surface area contributed by atoms with E-state index in [1.807, 2.05) is 0 Å². The summed E-state index contributed by atoms with van der Waals surface area (Å²) in [6.07, 6.45) is 3.11. The minimum atomic E-state index is 0.583. The fourth-order valence-corrected chi connectivity index (χ4v) is 0.824. The molecule has 0 bridgehead atoms. The molecule has 1 N–H and O–H groups in total. The van der Waals surface area contributed by atoms with Crippen LogP contribution >= 0.6 is 0 Å². The van der Waals surface area contributed by atoms with Crippen molar-refractivity contribution in [2.75, 3.05) is 39.5 Å². The molecule has 0 aliphatic carbocycles. The highest BCUT2D eigenvalue weighted by atomic mass is 16.5. The lowest BCUT2D eigenvalue weighted by Crippen LogP contribution is -2.24. The molecule has 0 aromatic heterocycles. The van der Waals surface area contributed by atoms with Crippen molar-refractivity contribution in [1.82, 2.24) is 5.32 Å². The summed E-state index contributed by atoms with van der Waals surface area (Å²) in [4.78, 5) is 0. The van der Waals surface area contributed by atoms with Crippen LogP contribution in [0.25, 0.3) is 0 Å². The minimum Gasteiger partial charge on any atom is -0.497 e. The maximum Gasteiger partial charge on any atom is 0.117 e. The standard InChI is InChI=1S/C8H15NO3/c1-3-10-5-7-12-8-6-11-4-2-9-1/h5,7,9H,1-4,6,8H2/b7-5-. The summed E-state index contributed by atoms with van der Waals surface area (Å²) in [5.41, 5.74) is 0. The van der Waals surface area contributed by atoms with E-state index in [9.17, 15) is 0 Å². The Bertz CT molecular complexity index is 113. The third kappa shape index (κ3) is 4.98. The Kier molecular flexibility index (Phi) is 5.41. The van der Waals surface area contributed by atoms with E-state index in [0.717, 1.165) is 19.7 Å². The van der Waals surface area contributed by atoms with Crippen molar-refractivity contribution in [3.63, 3.8) is 0 Å². The molecule has 0 radical (unpaired) electrons. The molecule has 0 saturated carbocycles. The van der Waals surface area contributed by atoms with Crippen LogP contribution in [0.4, 0.5) is 0 Å². The van der Waals surface area contributed by atoms with E-state index in [-0.39, 0.29) is 0 Å². The first-order chi connectivity index (χ1) is 6.00. The van der Waals surface area contributed by atoms with E-state index in [2.05, 4.69) is 5.32 Å². The first-order valence-corrected chi connectivity index (χ1v) is 4.17. The number of hydrogen-bond donors (Lipinski definition) is 1. The third-order valence-corrected chi connectivity index (χ3v) is 1.41. The lowest BCUT2D eigenvalue weighted by Gasteiger charge is -2.07. The molecule has 1 rings (SSSR count). The van der Waals surface area contributed by atoms with Crippen LogP contribution < -0.4 is 5.32 Å². The van der Waals surface area contributed by atoms with Gasteiger partial charge < -0.3 is 19.5 Å². The van der Waals surface area contributed by atoms with E-state index < -0.39 is 0 Å². The molecule has 0 aromatic rings. The maximum atomic E-state index is 5.24.